The van der Waals surface area contributed by atoms with Crippen molar-refractivity contribution < 1.29 is 9.47 Å². The summed E-state index contributed by atoms with van der Waals surface area (Å²) < 4.78 is 12.1. The second kappa shape index (κ2) is 21.0. The molecular formula is C44H54O2. The van der Waals surface area contributed by atoms with Crippen LogP contribution in [-0.4, -0.2) is 13.2 Å². The zero-order valence-corrected chi connectivity index (χ0v) is 28.5. The molecule has 0 radical (unpaired) electrons. The van der Waals surface area contributed by atoms with E-state index in [1.54, 1.807) is 0 Å². The zero-order chi connectivity index (χ0) is 32.1. The molecule has 0 atom stereocenters. The lowest BCUT2D eigenvalue weighted by Gasteiger charge is -2.08. The van der Waals surface area contributed by atoms with Crippen molar-refractivity contribution in [1.82, 2.24) is 0 Å². The molecule has 0 aliphatic carbocycles. The van der Waals surface area contributed by atoms with Crippen molar-refractivity contribution in [2.24, 2.45) is 0 Å². The highest BCUT2D eigenvalue weighted by atomic mass is 16.5. The smallest absolute Gasteiger partial charge is 0.119 e. The van der Waals surface area contributed by atoms with Crippen molar-refractivity contribution >= 4 is 21.5 Å². The molecule has 0 aliphatic rings. The van der Waals surface area contributed by atoms with Crippen molar-refractivity contribution in [1.29, 1.82) is 0 Å². The van der Waals surface area contributed by atoms with Gasteiger partial charge < -0.3 is 9.47 Å². The van der Waals surface area contributed by atoms with Gasteiger partial charge >= 0.3 is 0 Å². The first-order valence-electron chi connectivity index (χ1n) is 18.1. The number of hydrogen-bond acceptors (Lipinski definition) is 2. The van der Waals surface area contributed by atoms with Crippen LogP contribution < -0.4 is 9.47 Å². The largest absolute Gasteiger partial charge is 0.494 e. The van der Waals surface area contributed by atoms with Gasteiger partial charge in [-0.05, 0) is 94.8 Å². The third kappa shape index (κ3) is 12.9. The van der Waals surface area contributed by atoms with E-state index in [2.05, 4.69) is 110 Å². The highest BCUT2D eigenvalue weighted by molar-refractivity contribution is 5.86. The van der Waals surface area contributed by atoms with Crippen LogP contribution in [0.4, 0.5) is 0 Å². The third-order valence-corrected chi connectivity index (χ3v) is 8.63. The molecular weight excluding hydrogens is 560 g/mol. The van der Waals surface area contributed by atoms with E-state index < -0.39 is 0 Å². The predicted octanol–water partition coefficient (Wildman–Crippen LogP) is 12.4. The molecule has 2 heteroatoms. The van der Waals surface area contributed by atoms with Gasteiger partial charge in [-0.2, -0.15) is 0 Å². The highest BCUT2D eigenvalue weighted by Crippen LogP contribution is 2.24. The van der Waals surface area contributed by atoms with Gasteiger partial charge in [-0.15, -0.1) is 0 Å². The Bertz CT molecular complexity index is 1470. The molecule has 0 unspecified atom stereocenters. The summed E-state index contributed by atoms with van der Waals surface area (Å²) in [5.74, 6) is 14.4. The lowest BCUT2D eigenvalue weighted by atomic mass is 10.1. The van der Waals surface area contributed by atoms with Crippen molar-refractivity contribution in [3.63, 3.8) is 0 Å². The number of benzene rings is 4. The van der Waals surface area contributed by atoms with Gasteiger partial charge in [0.1, 0.15) is 11.5 Å². The van der Waals surface area contributed by atoms with Crippen molar-refractivity contribution in [2.45, 2.75) is 117 Å². The van der Waals surface area contributed by atoms with Gasteiger partial charge in [-0.25, -0.2) is 0 Å². The Kier molecular flexibility index (Phi) is 16.0. The molecule has 0 aliphatic heterocycles. The normalized spacial score (nSPS) is 10.7. The molecule has 4 aromatic rings. The van der Waals surface area contributed by atoms with Crippen LogP contribution in [0.2, 0.25) is 0 Å². The molecule has 0 bridgehead atoms. The number of ether oxygens (including phenoxy) is 2. The van der Waals surface area contributed by atoms with E-state index in [0.29, 0.717) is 0 Å². The number of unbranched alkanes of at least 4 members (excludes halogenated alkanes) is 14. The molecule has 2 nitrogen and oxygen atoms in total. The van der Waals surface area contributed by atoms with E-state index in [1.807, 2.05) is 0 Å². The number of hydrogen-bond donors (Lipinski definition) is 0. The van der Waals surface area contributed by atoms with E-state index in [9.17, 15) is 0 Å². The second-order valence-electron chi connectivity index (χ2n) is 12.6. The molecule has 0 saturated heterocycles. The molecule has 0 aromatic heterocycles. The molecule has 0 fully saturated rings. The SMILES string of the molecule is CCCCCCCCCCOc1ccc2cc(C#CC#Cc3ccc4cc(OCCCCCCCCCC)ccc4c3)ccc2c1. The lowest BCUT2D eigenvalue weighted by Crippen LogP contribution is -1.97. The molecule has 0 heterocycles. The summed E-state index contributed by atoms with van der Waals surface area (Å²) in [6.45, 7) is 6.11. The molecule has 4 aromatic carbocycles. The first-order valence-corrected chi connectivity index (χ1v) is 18.1. The minimum atomic E-state index is 0.786. The molecule has 0 saturated carbocycles. The maximum Gasteiger partial charge on any atom is 0.119 e. The Morgan fingerprint density at radius 1 is 0.391 bits per heavy atom. The Labute approximate surface area is 279 Å². The Morgan fingerprint density at radius 2 is 0.739 bits per heavy atom. The van der Waals surface area contributed by atoms with Crippen LogP contribution in [0.1, 0.15) is 128 Å². The van der Waals surface area contributed by atoms with E-state index in [0.717, 1.165) is 59.5 Å². The molecule has 242 valence electrons. The number of fused-ring (bicyclic) bond motifs is 2. The molecule has 0 amide bonds. The van der Waals surface area contributed by atoms with Crippen molar-refractivity contribution in [3.05, 3.63) is 83.9 Å². The fourth-order valence-electron chi connectivity index (χ4n) is 5.84. The molecule has 0 spiro atoms. The van der Waals surface area contributed by atoms with Crippen molar-refractivity contribution in [3.8, 4) is 35.2 Å². The monoisotopic (exact) mass is 614 g/mol. The standard InChI is InChI=1S/C44H54O2/c1-3-5-7-9-11-13-15-19-31-45-43-29-27-39-33-37(23-25-41(39)35-43)21-17-18-22-38-24-26-42-36-44(30-28-40(42)34-38)46-32-20-16-14-12-10-8-6-4-2/h23-30,33-36H,3-16,19-20,31-32H2,1-2H3. The first-order chi connectivity index (χ1) is 22.7. The summed E-state index contributed by atoms with van der Waals surface area (Å²) in [4.78, 5) is 0. The first kappa shape index (κ1) is 35.0. The van der Waals surface area contributed by atoms with Crippen LogP contribution in [-0.2, 0) is 0 Å². The number of rotatable bonds is 20. The Morgan fingerprint density at radius 3 is 1.15 bits per heavy atom. The van der Waals surface area contributed by atoms with E-state index in [1.165, 1.54) is 101 Å². The zero-order valence-electron chi connectivity index (χ0n) is 28.5. The maximum absolute atomic E-state index is 6.03. The van der Waals surface area contributed by atoms with Gasteiger partial charge in [-0.3, -0.25) is 0 Å². The van der Waals surface area contributed by atoms with Gasteiger partial charge in [0, 0.05) is 11.1 Å². The van der Waals surface area contributed by atoms with Crippen LogP contribution in [0, 0.1) is 23.7 Å². The summed E-state index contributed by atoms with van der Waals surface area (Å²) >= 11 is 0. The summed E-state index contributed by atoms with van der Waals surface area (Å²) in [6, 6.07) is 25.2. The summed E-state index contributed by atoms with van der Waals surface area (Å²) in [5, 5.41) is 4.66. The van der Waals surface area contributed by atoms with Crippen LogP contribution >= 0.6 is 0 Å². The van der Waals surface area contributed by atoms with Gasteiger partial charge in [0.2, 0.25) is 0 Å². The summed E-state index contributed by atoms with van der Waals surface area (Å²) in [7, 11) is 0. The topological polar surface area (TPSA) is 18.5 Å². The summed E-state index contributed by atoms with van der Waals surface area (Å²) in [6.07, 6.45) is 21.0. The maximum atomic E-state index is 6.03. The predicted molar refractivity (Wildman–Crippen MR) is 198 cm³/mol. The van der Waals surface area contributed by atoms with E-state index in [4.69, 9.17) is 9.47 Å². The lowest BCUT2D eigenvalue weighted by molar-refractivity contribution is 0.304. The van der Waals surface area contributed by atoms with Gasteiger partial charge in [0.15, 0.2) is 0 Å². The fourth-order valence-corrected chi connectivity index (χ4v) is 5.84. The van der Waals surface area contributed by atoms with E-state index >= 15 is 0 Å². The molecule has 0 N–H and O–H groups in total. The van der Waals surface area contributed by atoms with Gasteiger partial charge in [0.25, 0.3) is 0 Å². The minimum Gasteiger partial charge on any atom is -0.494 e. The molecule has 4 rings (SSSR count). The second-order valence-corrected chi connectivity index (χ2v) is 12.6. The summed E-state index contributed by atoms with van der Waals surface area (Å²) in [5.41, 5.74) is 1.93. The minimum absolute atomic E-state index is 0.786. The Hall–Kier alpha value is -3.88. The average Bonchev–Trinajstić information content (AvgIpc) is 3.08. The molecule has 46 heavy (non-hydrogen) atoms. The van der Waals surface area contributed by atoms with Gasteiger partial charge in [0.05, 0.1) is 13.2 Å². The highest BCUT2D eigenvalue weighted by Gasteiger charge is 2.01. The fraction of sp³-hybridized carbons (Fsp3) is 0.455. The van der Waals surface area contributed by atoms with Gasteiger partial charge in [-0.1, -0.05) is 140 Å². The van der Waals surface area contributed by atoms with Crippen LogP contribution in [0.15, 0.2) is 72.8 Å². The van der Waals surface area contributed by atoms with Crippen molar-refractivity contribution in [2.75, 3.05) is 13.2 Å². The quantitative estimate of drug-likeness (QED) is 0.0728. The van der Waals surface area contributed by atoms with E-state index in [-0.39, 0.29) is 0 Å². The Balaban J connectivity index is 1.20. The van der Waals surface area contributed by atoms with Crippen LogP contribution in [0.5, 0.6) is 11.5 Å². The third-order valence-electron chi connectivity index (χ3n) is 8.63. The average molecular weight is 615 g/mol. The van der Waals surface area contributed by atoms with Crippen LogP contribution in [0.3, 0.4) is 0 Å². The van der Waals surface area contributed by atoms with Crippen LogP contribution in [0.25, 0.3) is 21.5 Å².